The van der Waals surface area contributed by atoms with Gasteiger partial charge in [-0.05, 0) is 35.0 Å². The Bertz CT molecular complexity index is 341. The molecule has 0 bridgehead atoms. The molecule has 4 nitrogen and oxygen atoms in total. The lowest BCUT2D eigenvalue weighted by molar-refractivity contribution is -0.117. The molecule has 1 rings (SSSR count). The first-order valence-electron chi connectivity index (χ1n) is 4.25. The molecule has 0 atom stereocenters. The van der Waals surface area contributed by atoms with Gasteiger partial charge in [0, 0.05) is 17.4 Å². The van der Waals surface area contributed by atoms with E-state index in [0.29, 0.717) is 13.0 Å². The van der Waals surface area contributed by atoms with Crippen LogP contribution in [0.1, 0.15) is 12.1 Å². The topological polar surface area (TPSA) is 68.0 Å². The minimum atomic E-state index is -0.314. The highest BCUT2D eigenvalue weighted by atomic mass is 79.9. The molecule has 1 heterocycles. The van der Waals surface area contributed by atoms with E-state index in [1.165, 1.54) is 0 Å². The van der Waals surface area contributed by atoms with Gasteiger partial charge in [-0.3, -0.25) is 4.79 Å². The standard InChI is InChI=1S/C9H12BrN3O/c1-6-7(10)2-3-9(13-6)12-5-4-8(11)14/h2-3H,4-5H2,1H3,(H2,11,14)(H,12,13). The Hall–Kier alpha value is -1.10. The number of nitrogens with two attached hydrogens (primary N) is 1. The van der Waals surface area contributed by atoms with E-state index < -0.39 is 0 Å². The van der Waals surface area contributed by atoms with E-state index in [1.807, 2.05) is 19.1 Å². The first-order valence-corrected chi connectivity index (χ1v) is 5.04. The quantitative estimate of drug-likeness (QED) is 0.858. The second-order valence-electron chi connectivity index (χ2n) is 2.91. The maximum absolute atomic E-state index is 10.5. The Labute approximate surface area is 91.0 Å². The highest BCUT2D eigenvalue weighted by molar-refractivity contribution is 9.10. The highest BCUT2D eigenvalue weighted by Crippen LogP contribution is 2.15. The number of aryl methyl sites for hydroxylation is 1. The van der Waals surface area contributed by atoms with Crippen LogP contribution in [0.15, 0.2) is 16.6 Å². The molecule has 0 aromatic carbocycles. The molecular formula is C9H12BrN3O. The monoisotopic (exact) mass is 257 g/mol. The van der Waals surface area contributed by atoms with Crippen LogP contribution in [0.2, 0.25) is 0 Å². The molecule has 1 amide bonds. The largest absolute Gasteiger partial charge is 0.370 e. The van der Waals surface area contributed by atoms with Crippen LogP contribution in [0.5, 0.6) is 0 Å². The summed E-state index contributed by atoms with van der Waals surface area (Å²) in [6, 6.07) is 3.76. The SMILES string of the molecule is Cc1nc(NCCC(N)=O)ccc1Br. The van der Waals surface area contributed by atoms with Gasteiger partial charge in [-0.1, -0.05) is 0 Å². The lowest BCUT2D eigenvalue weighted by atomic mass is 10.3. The first-order chi connectivity index (χ1) is 6.59. The second-order valence-corrected chi connectivity index (χ2v) is 3.76. The van der Waals surface area contributed by atoms with E-state index in [-0.39, 0.29) is 5.91 Å². The van der Waals surface area contributed by atoms with Gasteiger partial charge in [0.25, 0.3) is 0 Å². The minimum Gasteiger partial charge on any atom is -0.370 e. The van der Waals surface area contributed by atoms with Crippen LogP contribution < -0.4 is 11.1 Å². The van der Waals surface area contributed by atoms with Crippen LogP contribution in [0.4, 0.5) is 5.82 Å². The average Bonchev–Trinajstić information content (AvgIpc) is 2.10. The fourth-order valence-corrected chi connectivity index (χ4v) is 1.18. The molecule has 1 aromatic rings. The molecule has 0 radical (unpaired) electrons. The van der Waals surface area contributed by atoms with Crippen molar-refractivity contribution in [1.29, 1.82) is 0 Å². The van der Waals surface area contributed by atoms with Crippen LogP contribution >= 0.6 is 15.9 Å². The van der Waals surface area contributed by atoms with Gasteiger partial charge in [-0.15, -0.1) is 0 Å². The van der Waals surface area contributed by atoms with Crippen molar-refractivity contribution in [3.05, 3.63) is 22.3 Å². The van der Waals surface area contributed by atoms with E-state index >= 15 is 0 Å². The van der Waals surface area contributed by atoms with E-state index in [9.17, 15) is 4.79 Å². The molecule has 5 heteroatoms. The van der Waals surface area contributed by atoms with Gasteiger partial charge in [-0.2, -0.15) is 0 Å². The number of pyridine rings is 1. The van der Waals surface area contributed by atoms with Crippen LogP contribution in [-0.2, 0) is 4.79 Å². The number of carbonyl (C=O) groups is 1. The number of nitrogens with one attached hydrogen (secondary N) is 1. The predicted molar refractivity (Wildman–Crippen MR) is 59.0 cm³/mol. The van der Waals surface area contributed by atoms with Crippen molar-refractivity contribution >= 4 is 27.7 Å². The second kappa shape index (κ2) is 4.95. The summed E-state index contributed by atoms with van der Waals surface area (Å²) in [7, 11) is 0. The smallest absolute Gasteiger partial charge is 0.219 e. The molecule has 0 aliphatic heterocycles. The van der Waals surface area contributed by atoms with Gasteiger partial charge in [0.1, 0.15) is 5.82 Å². The molecule has 0 saturated carbocycles. The summed E-state index contributed by atoms with van der Waals surface area (Å²) in [5.74, 6) is 0.443. The van der Waals surface area contributed by atoms with Gasteiger partial charge in [-0.25, -0.2) is 4.98 Å². The molecule has 0 unspecified atom stereocenters. The summed E-state index contributed by atoms with van der Waals surface area (Å²) in [6.07, 6.45) is 0.316. The summed E-state index contributed by atoms with van der Waals surface area (Å²) >= 11 is 3.36. The van der Waals surface area contributed by atoms with Gasteiger partial charge in [0.15, 0.2) is 0 Å². The van der Waals surface area contributed by atoms with E-state index in [2.05, 4.69) is 26.2 Å². The number of primary amides is 1. The maximum Gasteiger partial charge on any atom is 0.219 e. The Kier molecular flexibility index (Phi) is 3.88. The van der Waals surface area contributed by atoms with Gasteiger partial charge in [0.05, 0.1) is 5.69 Å². The van der Waals surface area contributed by atoms with Crippen molar-refractivity contribution < 1.29 is 4.79 Å². The molecule has 76 valence electrons. The average molecular weight is 258 g/mol. The molecule has 0 spiro atoms. The minimum absolute atomic E-state index is 0.314. The number of amides is 1. The van der Waals surface area contributed by atoms with Gasteiger partial charge < -0.3 is 11.1 Å². The summed E-state index contributed by atoms with van der Waals surface area (Å²) in [5, 5.41) is 3.01. The lowest BCUT2D eigenvalue weighted by Crippen LogP contribution is -2.16. The molecule has 0 aliphatic carbocycles. The van der Waals surface area contributed by atoms with Crippen molar-refractivity contribution in [2.75, 3.05) is 11.9 Å². The van der Waals surface area contributed by atoms with E-state index in [0.717, 1.165) is 16.0 Å². The van der Waals surface area contributed by atoms with Crippen molar-refractivity contribution in [2.24, 2.45) is 5.73 Å². The van der Waals surface area contributed by atoms with Crippen LogP contribution in [0.3, 0.4) is 0 Å². The summed E-state index contributed by atoms with van der Waals surface area (Å²) < 4.78 is 0.970. The number of nitrogens with zero attached hydrogens (tertiary/aromatic N) is 1. The number of aromatic nitrogens is 1. The van der Waals surface area contributed by atoms with Crippen molar-refractivity contribution in [3.63, 3.8) is 0 Å². The number of hydrogen-bond acceptors (Lipinski definition) is 3. The molecule has 1 aromatic heterocycles. The normalized spacial score (nSPS) is 9.86. The van der Waals surface area contributed by atoms with Gasteiger partial charge in [0.2, 0.25) is 5.91 Å². The first kappa shape index (κ1) is 11.0. The zero-order valence-electron chi connectivity index (χ0n) is 7.88. The number of hydrogen-bond donors (Lipinski definition) is 2. The van der Waals surface area contributed by atoms with Crippen LogP contribution in [-0.4, -0.2) is 17.4 Å². The van der Waals surface area contributed by atoms with Crippen molar-refractivity contribution in [1.82, 2.24) is 4.98 Å². The number of rotatable bonds is 4. The maximum atomic E-state index is 10.5. The molecule has 14 heavy (non-hydrogen) atoms. The Morgan fingerprint density at radius 3 is 2.93 bits per heavy atom. The van der Waals surface area contributed by atoms with Crippen LogP contribution in [0.25, 0.3) is 0 Å². The third kappa shape index (κ3) is 3.33. The molecule has 0 fully saturated rings. The predicted octanol–water partition coefficient (Wildman–Crippen LogP) is 1.44. The van der Waals surface area contributed by atoms with Gasteiger partial charge >= 0.3 is 0 Å². The number of carbonyl (C=O) groups excluding carboxylic acids is 1. The van der Waals surface area contributed by atoms with E-state index in [4.69, 9.17) is 5.73 Å². The summed E-state index contributed by atoms with van der Waals surface area (Å²) in [6.45, 7) is 2.42. The fraction of sp³-hybridized carbons (Fsp3) is 0.333. The van der Waals surface area contributed by atoms with Crippen LogP contribution in [0, 0.1) is 6.92 Å². The Balaban J connectivity index is 2.51. The Morgan fingerprint density at radius 2 is 2.36 bits per heavy atom. The molecule has 0 saturated heterocycles. The zero-order chi connectivity index (χ0) is 10.6. The zero-order valence-corrected chi connectivity index (χ0v) is 9.47. The van der Waals surface area contributed by atoms with Crippen molar-refractivity contribution in [3.8, 4) is 0 Å². The highest BCUT2D eigenvalue weighted by Gasteiger charge is 1.99. The summed E-state index contributed by atoms with van der Waals surface area (Å²) in [5.41, 5.74) is 5.91. The third-order valence-corrected chi connectivity index (χ3v) is 2.54. The third-order valence-electron chi connectivity index (χ3n) is 1.70. The number of anilines is 1. The Morgan fingerprint density at radius 1 is 1.64 bits per heavy atom. The molecular weight excluding hydrogens is 246 g/mol. The van der Waals surface area contributed by atoms with E-state index in [1.54, 1.807) is 0 Å². The summed E-state index contributed by atoms with van der Waals surface area (Å²) in [4.78, 5) is 14.7. The lowest BCUT2D eigenvalue weighted by Gasteiger charge is -2.05. The molecule has 0 aliphatic rings. The van der Waals surface area contributed by atoms with Crippen molar-refractivity contribution in [2.45, 2.75) is 13.3 Å². The fourth-order valence-electron chi connectivity index (χ4n) is 0.956. The number of halogens is 1. The molecule has 3 N–H and O–H groups in total.